The number of hydrogen-bond acceptors (Lipinski definition) is 5. The van der Waals surface area contributed by atoms with Gasteiger partial charge in [0.25, 0.3) is 0 Å². The van der Waals surface area contributed by atoms with E-state index in [1.165, 1.54) is 6.07 Å². The van der Waals surface area contributed by atoms with Gasteiger partial charge in [-0.2, -0.15) is 0 Å². The minimum atomic E-state index is -0.450. The van der Waals surface area contributed by atoms with Gasteiger partial charge in [-0.3, -0.25) is 9.48 Å². The normalized spacial score (nSPS) is 10.9. The molecule has 7 heteroatoms. The molecule has 124 valence electrons. The number of aryl methyl sites for hydroxylation is 2. The van der Waals surface area contributed by atoms with Gasteiger partial charge in [-0.15, -0.1) is 5.10 Å². The van der Waals surface area contributed by atoms with E-state index >= 15 is 0 Å². The summed E-state index contributed by atoms with van der Waals surface area (Å²) in [6.45, 7) is 4.77. The summed E-state index contributed by atoms with van der Waals surface area (Å²) in [7, 11) is 0. The third kappa shape index (κ3) is 3.68. The number of hydrogen-bond donors (Lipinski definition) is 1. The van der Waals surface area contributed by atoms with Crippen molar-refractivity contribution in [2.75, 3.05) is 6.54 Å². The van der Waals surface area contributed by atoms with Crippen molar-refractivity contribution < 1.29 is 9.21 Å². The molecule has 1 N–H and O–H groups in total. The van der Waals surface area contributed by atoms with Crippen LogP contribution in [0.2, 0.25) is 0 Å². The molecular weight excluding hydrogens is 308 g/mol. The zero-order valence-corrected chi connectivity index (χ0v) is 13.6. The summed E-state index contributed by atoms with van der Waals surface area (Å²) in [5.74, 6) is -0.153. The molecule has 1 aromatic carbocycles. The van der Waals surface area contributed by atoms with Crippen LogP contribution in [-0.4, -0.2) is 27.4 Å². The van der Waals surface area contributed by atoms with Gasteiger partial charge >= 0.3 is 5.63 Å². The summed E-state index contributed by atoms with van der Waals surface area (Å²) in [5, 5.41) is 11.4. The van der Waals surface area contributed by atoms with Crippen LogP contribution in [0.15, 0.2) is 39.7 Å². The van der Waals surface area contributed by atoms with Crippen molar-refractivity contribution in [3.05, 3.63) is 57.7 Å². The van der Waals surface area contributed by atoms with E-state index in [1.807, 2.05) is 32.2 Å². The van der Waals surface area contributed by atoms with Crippen LogP contribution in [0, 0.1) is 13.8 Å². The van der Waals surface area contributed by atoms with Gasteiger partial charge in [0.2, 0.25) is 5.91 Å². The smallest absolute Gasteiger partial charge is 0.336 e. The van der Waals surface area contributed by atoms with Crippen molar-refractivity contribution in [1.29, 1.82) is 0 Å². The topological polar surface area (TPSA) is 90.0 Å². The van der Waals surface area contributed by atoms with Crippen LogP contribution in [-0.2, 0) is 17.8 Å². The van der Waals surface area contributed by atoms with Crippen LogP contribution < -0.4 is 10.9 Å². The Morgan fingerprint density at radius 3 is 2.88 bits per heavy atom. The van der Waals surface area contributed by atoms with Crippen LogP contribution in [0.4, 0.5) is 0 Å². The fraction of sp³-hybridized carbons (Fsp3) is 0.294. The first-order valence-electron chi connectivity index (χ1n) is 7.68. The first-order valence-corrected chi connectivity index (χ1v) is 7.68. The lowest BCUT2D eigenvalue weighted by molar-refractivity contribution is -0.120. The Bertz CT molecular complexity index is 942. The Morgan fingerprint density at radius 1 is 1.29 bits per heavy atom. The highest BCUT2D eigenvalue weighted by Crippen LogP contribution is 2.18. The summed E-state index contributed by atoms with van der Waals surface area (Å²) >= 11 is 0. The lowest BCUT2D eigenvalue weighted by Gasteiger charge is -2.07. The van der Waals surface area contributed by atoms with E-state index in [0.717, 1.165) is 16.6 Å². The molecule has 0 atom stereocenters. The predicted molar refractivity (Wildman–Crippen MR) is 88.7 cm³/mol. The lowest BCUT2D eigenvalue weighted by Crippen LogP contribution is -2.29. The number of carbonyl (C=O) groups excluding carboxylic acids is 1. The Kier molecular flexibility index (Phi) is 4.41. The molecule has 0 unspecified atom stereocenters. The largest absolute Gasteiger partial charge is 0.423 e. The number of benzene rings is 1. The molecule has 0 saturated carbocycles. The maximum atomic E-state index is 12.1. The minimum Gasteiger partial charge on any atom is -0.423 e. The standard InChI is InChI=1S/C17H18N4O3/c1-11-3-4-14-13(9-17(23)24-15(14)7-11)8-16(22)18-5-6-21-10-12(2)19-20-21/h3-4,7,9-10H,5-6,8H2,1-2H3,(H,18,22). The summed E-state index contributed by atoms with van der Waals surface area (Å²) < 4.78 is 6.87. The molecule has 0 fully saturated rings. The molecule has 0 spiro atoms. The van der Waals surface area contributed by atoms with Gasteiger partial charge in [0.15, 0.2) is 0 Å². The second kappa shape index (κ2) is 6.66. The van der Waals surface area contributed by atoms with Crippen LogP contribution >= 0.6 is 0 Å². The Labute approximate surface area is 138 Å². The van der Waals surface area contributed by atoms with E-state index in [0.29, 0.717) is 24.2 Å². The second-order valence-electron chi connectivity index (χ2n) is 5.74. The maximum absolute atomic E-state index is 12.1. The third-order valence-corrected chi connectivity index (χ3v) is 3.65. The van der Waals surface area contributed by atoms with Crippen LogP contribution in [0.3, 0.4) is 0 Å². The molecule has 2 heterocycles. The number of rotatable bonds is 5. The van der Waals surface area contributed by atoms with Gasteiger partial charge in [0, 0.05) is 24.2 Å². The molecule has 3 aromatic rings. The molecule has 0 saturated heterocycles. The summed E-state index contributed by atoms with van der Waals surface area (Å²) in [6, 6.07) is 6.97. The third-order valence-electron chi connectivity index (χ3n) is 3.65. The van der Waals surface area contributed by atoms with Crippen molar-refractivity contribution in [3.63, 3.8) is 0 Å². The predicted octanol–water partition coefficient (Wildman–Crippen LogP) is 1.36. The first-order chi connectivity index (χ1) is 11.5. The van der Waals surface area contributed by atoms with Crippen molar-refractivity contribution in [2.45, 2.75) is 26.8 Å². The van der Waals surface area contributed by atoms with Crippen molar-refractivity contribution in [1.82, 2.24) is 20.3 Å². The van der Waals surface area contributed by atoms with Crippen LogP contribution in [0.5, 0.6) is 0 Å². The first kappa shape index (κ1) is 15.9. The maximum Gasteiger partial charge on any atom is 0.336 e. The molecule has 0 bridgehead atoms. The number of nitrogens with one attached hydrogen (secondary N) is 1. The molecule has 0 aliphatic rings. The van der Waals surface area contributed by atoms with E-state index in [4.69, 9.17) is 4.42 Å². The number of carbonyl (C=O) groups is 1. The van der Waals surface area contributed by atoms with Gasteiger partial charge < -0.3 is 9.73 Å². The molecule has 24 heavy (non-hydrogen) atoms. The van der Waals surface area contributed by atoms with Crippen LogP contribution in [0.1, 0.15) is 16.8 Å². The molecule has 3 rings (SSSR count). The molecular formula is C17H18N4O3. The lowest BCUT2D eigenvalue weighted by atomic mass is 10.1. The fourth-order valence-corrected chi connectivity index (χ4v) is 2.53. The molecule has 7 nitrogen and oxygen atoms in total. The fourth-order valence-electron chi connectivity index (χ4n) is 2.53. The average molecular weight is 326 g/mol. The molecule has 1 amide bonds. The van der Waals surface area contributed by atoms with E-state index in [2.05, 4.69) is 15.6 Å². The highest BCUT2D eigenvalue weighted by Gasteiger charge is 2.10. The molecule has 0 radical (unpaired) electrons. The van der Waals surface area contributed by atoms with Crippen LogP contribution in [0.25, 0.3) is 11.0 Å². The van der Waals surface area contributed by atoms with Crippen molar-refractivity contribution in [3.8, 4) is 0 Å². The summed E-state index contributed by atoms with van der Waals surface area (Å²) in [4.78, 5) is 23.8. The Morgan fingerprint density at radius 2 is 2.12 bits per heavy atom. The van der Waals surface area contributed by atoms with E-state index in [-0.39, 0.29) is 12.3 Å². The Balaban J connectivity index is 1.67. The quantitative estimate of drug-likeness (QED) is 0.715. The summed E-state index contributed by atoms with van der Waals surface area (Å²) in [6.07, 6.45) is 1.94. The van der Waals surface area contributed by atoms with E-state index in [9.17, 15) is 9.59 Å². The molecule has 0 aliphatic carbocycles. The zero-order chi connectivity index (χ0) is 17.1. The van der Waals surface area contributed by atoms with Gasteiger partial charge in [0.05, 0.1) is 18.7 Å². The SMILES string of the molecule is Cc1ccc2c(CC(=O)NCCn3cc(C)nn3)cc(=O)oc2c1. The van der Waals surface area contributed by atoms with Gasteiger partial charge in [-0.25, -0.2) is 4.79 Å². The van der Waals surface area contributed by atoms with Crippen molar-refractivity contribution >= 4 is 16.9 Å². The van der Waals surface area contributed by atoms with Gasteiger partial charge in [-0.1, -0.05) is 17.3 Å². The highest BCUT2D eigenvalue weighted by molar-refractivity contribution is 5.87. The Hall–Kier alpha value is -2.96. The van der Waals surface area contributed by atoms with E-state index in [1.54, 1.807) is 10.7 Å². The summed E-state index contributed by atoms with van der Waals surface area (Å²) in [5.41, 5.74) is 2.54. The van der Waals surface area contributed by atoms with Gasteiger partial charge in [-0.05, 0) is 31.0 Å². The van der Waals surface area contributed by atoms with Gasteiger partial charge in [0.1, 0.15) is 5.58 Å². The number of aromatic nitrogens is 3. The minimum absolute atomic E-state index is 0.127. The number of amides is 1. The number of nitrogens with zero attached hydrogens (tertiary/aromatic N) is 3. The second-order valence-corrected chi connectivity index (χ2v) is 5.74. The van der Waals surface area contributed by atoms with Crippen molar-refractivity contribution in [2.24, 2.45) is 0 Å². The number of fused-ring (bicyclic) bond motifs is 1. The monoisotopic (exact) mass is 326 g/mol. The molecule has 2 aromatic heterocycles. The molecule has 0 aliphatic heterocycles. The highest BCUT2D eigenvalue weighted by atomic mass is 16.4. The van der Waals surface area contributed by atoms with E-state index < -0.39 is 5.63 Å². The zero-order valence-electron chi connectivity index (χ0n) is 13.6. The average Bonchev–Trinajstić information content (AvgIpc) is 2.92.